The Balaban J connectivity index is 1.95. The van der Waals surface area contributed by atoms with E-state index in [4.69, 9.17) is 5.73 Å². The third kappa shape index (κ3) is 2.05. The highest BCUT2D eigenvalue weighted by molar-refractivity contribution is 5.98. The van der Waals surface area contributed by atoms with Crippen LogP contribution in [0.3, 0.4) is 0 Å². The summed E-state index contributed by atoms with van der Waals surface area (Å²) in [5.74, 6) is 0.330. The zero-order chi connectivity index (χ0) is 14.2. The van der Waals surface area contributed by atoms with Gasteiger partial charge in [-0.3, -0.25) is 4.79 Å². The van der Waals surface area contributed by atoms with Gasteiger partial charge in [-0.25, -0.2) is 0 Å². The Bertz CT molecular complexity index is 505. The summed E-state index contributed by atoms with van der Waals surface area (Å²) in [6, 6.07) is 8.19. The second kappa shape index (κ2) is 5.21. The van der Waals surface area contributed by atoms with Crippen molar-refractivity contribution in [3.05, 3.63) is 29.8 Å². The number of fused-ring (bicyclic) bond motifs is 1. The number of nitrogens with zero attached hydrogens (tertiary/aromatic N) is 1. The fourth-order valence-electron chi connectivity index (χ4n) is 3.86. The van der Waals surface area contributed by atoms with Gasteiger partial charge in [0, 0.05) is 23.7 Å². The van der Waals surface area contributed by atoms with Crippen LogP contribution in [-0.2, 0) is 4.79 Å². The van der Waals surface area contributed by atoms with Crippen LogP contribution in [0.4, 0.5) is 5.69 Å². The van der Waals surface area contributed by atoms with Gasteiger partial charge in [0.1, 0.15) is 0 Å². The van der Waals surface area contributed by atoms with E-state index in [0.29, 0.717) is 5.91 Å². The highest BCUT2D eigenvalue weighted by Gasteiger charge is 2.43. The van der Waals surface area contributed by atoms with Gasteiger partial charge in [-0.05, 0) is 37.3 Å². The highest BCUT2D eigenvalue weighted by Crippen LogP contribution is 2.44. The standard InChI is InChI=1S/C17H24N2O/c1-2-17(10-5-6-11-17)16(20)19-12-9-14(18)13-7-3-4-8-15(13)19/h3-4,7-8,14H,2,5-6,9-12,18H2,1H3. The fraction of sp³-hybridized carbons (Fsp3) is 0.588. The lowest BCUT2D eigenvalue weighted by molar-refractivity contribution is -0.128. The molecule has 3 heteroatoms. The lowest BCUT2D eigenvalue weighted by Crippen LogP contribution is -2.46. The topological polar surface area (TPSA) is 46.3 Å². The molecule has 1 heterocycles. The molecule has 1 aliphatic carbocycles. The normalized spacial score (nSPS) is 24.5. The van der Waals surface area contributed by atoms with Crippen molar-refractivity contribution in [2.45, 2.75) is 51.5 Å². The number of nitrogens with two attached hydrogens (primary N) is 1. The van der Waals surface area contributed by atoms with E-state index in [1.54, 1.807) is 0 Å². The predicted octanol–water partition coefficient (Wildman–Crippen LogP) is 3.39. The molecular weight excluding hydrogens is 248 g/mol. The van der Waals surface area contributed by atoms with Crippen molar-refractivity contribution < 1.29 is 4.79 Å². The molecule has 3 rings (SSSR count). The maximum Gasteiger partial charge on any atom is 0.233 e. The second-order valence-electron chi connectivity index (χ2n) is 6.25. The molecule has 0 aromatic heterocycles. The first kappa shape index (κ1) is 13.6. The lowest BCUT2D eigenvalue weighted by Gasteiger charge is -2.38. The van der Waals surface area contributed by atoms with Gasteiger partial charge in [0.25, 0.3) is 0 Å². The Labute approximate surface area is 121 Å². The third-order valence-electron chi connectivity index (χ3n) is 5.23. The van der Waals surface area contributed by atoms with Gasteiger partial charge in [0.2, 0.25) is 5.91 Å². The summed E-state index contributed by atoms with van der Waals surface area (Å²) in [4.78, 5) is 15.1. The minimum Gasteiger partial charge on any atom is -0.324 e. The number of carbonyl (C=O) groups excluding carboxylic acids is 1. The van der Waals surface area contributed by atoms with Crippen LogP contribution in [0.25, 0.3) is 0 Å². The van der Waals surface area contributed by atoms with Crippen LogP contribution in [0.5, 0.6) is 0 Å². The summed E-state index contributed by atoms with van der Waals surface area (Å²) in [5.41, 5.74) is 8.23. The molecule has 1 aromatic carbocycles. The fourth-order valence-corrected chi connectivity index (χ4v) is 3.86. The van der Waals surface area contributed by atoms with Gasteiger partial charge in [0.15, 0.2) is 0 Å². The van der Waals surface area contributed by atoms with Crippen LogP contribution in [0.15, 0.2) is 24.3 Å². The average molecular weight is 272 g/mol. The molecule has 20 heavy (non-hydrogen) atoms. The number of rotatable bonds is 2. The Morgan fingerprint density at radius 2 is 2.05 bits per heavy atom. The molecule has 0 bridgehead atoms. The third-order valence-corrected chi connectivity index (χ3v) is 5.23. The molecule has 2 aliphatic rings. The number of hydrogen-bond acceptors (Lipinski definition) is 2. The number of para-hydroxylation sites is 1. The van der Waals surface area contributed by atoms with E-state index in [0.717, 1.165) is 43.5 Å². The van der Waals surface area contributed by atoms with E-state index in [-0.39, 0.29) is 11.5 Å². The molecule has 0 saturated heterocycles. The summed E-state index contributed by atoms with van der Waals surface area (Å²) >= 11 is 0. The molecule has 1 saturated carbocycles. The summed E-state index contributed by atoms with van der Waals surface area (Å²) in [7, 11) is 0. The maximum absolute atomic E-state index is 13.1. The van der Waals surface area contributed by atoms with Gasteiger partial charge in [-0.15, -0.1) is 0 Å². The highest BCUT2D eigenvalue weighted by atomic mass is 16.2. The molecule has 108 valence electrons. The first-order valence-corrected chi connectivity index (χ1v) is 7.84. The Morgan fingerprint density at radius 1 is 1.35 bits per heavy atom. The van der Waals surface area contributed by atoms with E-state index in [9.17, 15) is 4.79 Å². The number of amides is 1. The monoisotopic (exact) mass is 272 g/mol. The number of carbonyl (C=O) groups is 1. The molecule has 3 nitrogen and oxygen atoms in total. The molecule has 1 atom stereocenters. The molecule has 1 unspecified atom stereocenters. The zero-order valence-corrected chi connectivity index (χ0v) is 12.3. The molecule has 1 fully saturated rings. The van der Waals surface area contributed by atoms with Crippen LogP contribution < -0.4 is 10.6 Å². The first-order valence-electron chi connectivity index (χ1n) is 7.84. The van der Waals surface area contributed by atoms with Crippen molar-refractivity contribution >= 4 is 11.6 Å². The quantitative estimate of drug-likeness (QED) is 0.897. The minimum absolute atomic E-state index is 0.0661. The Kier molecular flexibility index (Phi) is 3.55. The van der Waals surface area contributed by atoms with E-state index >= 15 is 0 Å². The second-order valence-corrected chi connectivity index (χ2v) is 6.25. The van der Waals surface area contributed by atoms with E-state index < -0.39 is 0 Å². The smallest absolute Gasteiger partial charge is 0.233 e. The average Bonchev–Trinajstić information content (AvgIpc) is 2.97. The molecule has 1 aromatic rings. The molecule has 0 radical (unpaired) electrons. The van der Waals surface area contributed by atoms with Gasteiger partial charge in [-0.2, -0.15) is 0 Å². The van der Waals surface area contributed by atoms with Crippen molar-refractivity contribution in [3.8, 4) is 0 Å². The van der Waals surface area contributed by atoms with Crippen LogP contribution in [-0.4, -0.2) is 12.5 Å². The maximum atomic E-state index is 13.1. The summed E-state index contributed by atoms with van der Waals surface area (Å²) in [6.45, 7) is 2.92. The van der Waals surface area contributed by atoms with E-state index in [1.165, 1.54) is 12.8 Å². The van der Waals surface area contributed by atoms with Crippen LogP contribution in [0.1, 0.15) is 57.1 Å². The van der Waals surface area contributed by atoms with Gasteiger partial charge >= 0.3 is 0 Å². The predicted molar refractivity (Wildman–Crippen MR) is 81.5 cm³/mol. The zero-order valence-electron chi connectivity index (χ0n) is 12.3. The molecular formula is C17H24N2O. The van der Waals surface area contributed by atoms with E-state index in [1.807, 2.05) is 23.1 Å². The van der Waals surface area contributed by atoms with Gasteiger partial charge in [0.05, 0.1) is 0 Å². The molecule has 2 N–H and O–H groups in total. The SMILES string of the molecule is CCC1(C(=O)N2CCC(N)c3ccccc32)CCCC1. The number of anilines is 1. The molecule has 1 amide bonds. The minimum atomic E-state index is -0.117. The van der Waals surface area contributed by atoms with Gasteiger partial charge < -0.3 is 10.6 Å². The van der Waals surface area contributed by atoms with Crippen molar-refractivity contribution in [1.82, 2.24) is 0 Å². The van der Waals surface area contributed by atoms with Crippen LogP contribution >= 0.6 is 0 Å². The first-order chi connectivity index (χ1) is 9.68. The van der Waals surface area contributed by atoms with Crippen LogP contribution in [0, 0.1) is 5.41 Å². The largest absolute Gasteiger partial charge is 0.324 e. The van der Waals surface area contributed by atoms with E-state index in [2.05, 4.69) is 13.0 Å². The Morgan fingerprint density at radius 3 is 2.75 bits per heavy atom. The van der Waals surface area contributed by atoms with Crippen molar-refractivity contribution in [2.75, 3.05) is 11.4 Å². The summed E-state index contributed by atoms with van der Waals surface area (Å²) < 4.78 is 0. The Hall–Kier alpha value is -1.35. The lowest BCUT2D eigenvalue weighted by atomic mass is 9.81. The summed E-state index contributed by atoms with van der Waals surface area (Å²) in [6.07, 6.45) is 6.29. The van der Waals surface area contributed by atoms with Crippen molar-refractivity contribution in [1.29, 1.82) is 0 Å². The summed E-state index contributed by atoms with van der Waals surface area (Å²) in [5, 5.41) is 0. The molecule has 0 spiro atoms. The number of benzene rings is 1. The molecule has 1 aliphatic heterocycles. The number of hydrogen-bond donors (Lipinski definition) is 1. The van der Waals surface area contributed by atoms with Crippen molar-refractivity contribution in [3.63, 3.8) is 0 Å². The van der Waals surface area contributed by atoms with Crippen LogP contribution in [0.2, 0.25) is 0 Å². The van der Waals surface area contributed by atoms with Crippen molar-refractivity contribution in [2.24, 2.45) is 11.1 Å². The van der Waals surface area contributed by atoms with Gasteiger partial charge in [-0.1, -0.05) is 38.0 Å².